The molecule has 4 rings (SSSR count). The molecule has 3 heterocycles. The summed E-state index contributed by atoms with van der Waals surface area (Å²) >= 11 is 1.61. The lowest BCUT2D eigenvalue weighted by Crippen LogP contribution is -2.22. The number of benzene rings is 1. The molecule has 0 fully saturated rings. The fraction of sp³-hybridized carbons (Fsp3) is 0.120. The number of esters is 1. The number of hydrogen-bond donors (Lipinski definition) is 0. The van der Waals surface area contributed by atoms with Crippen molar-refractivity contribution >= 4 is 40.2 Å². The molecule has 2 aromatic heterocycles. The van der Waals surface area contributed by atoms with Crippen LogP contribution in [0.4, 0.5) is 5.69 Å². The van der Waals surface area contributed by atoms with E-state index in [2.05, 4.69) is 40.4 Å². The van der Waals surface area contributed by atoms with Gasteiger partial charge in [0, 0.05) is 41.2 Å². The SMILES string of the molecule is CCOC(=O)C=Cc1sccc1C1=CC(c2ccccn2)=CN(c2ccccc2)C1. The predicted molar refractivity (Wildman–Crippen MR) is 124 cm³/mol. The molecule has 0 amide bonds. The van der Waals surface area contributed by atoms with Crippen molar-refractivity contribution in [3.8, 4) is 0 Å². The summed E-state index contributed by atoms with van der Waals surface area (Å²) in [4.78, 5) is 19.6. The number of rotatable bonds is 6. The van der Waals surface area contributed by atoms with Gasteiger partial charge >= 0.3 is 5.97 Å². The molecular formula is C25H22N2O2S. The second-order valence-electron chi connectivity index (χ2n) is 6.72. The summed E-state index contributed by atoms with van der Waals surface area (Å²) in [5, 5.41) is 2.05. The van der Waals surface area contributed by atoms with Crippen molar-refractivity contribution in [2.24, 2.45) is 0 Å². The number of pyridine rings is 1. The molecule has 1 aliphatic rings. The third-order valence-corrected chi connectivity index (χ3v) is 5.59. The zero-order chi connectivity index (χ0) is 20.8. The number of carbonyl (C=O) groups is 1. The zero-order valence-electron chi connectivity index (χ0n) is 16.7. The molecular weight excluding hydrogens is 392 g/mol. The first-order chi connectivity index (χ1) is 14.7. The average molecular weight is 415 g/mol. The van der Waals surface area contributed by atoms with Crippen molar-refractivity contribution in [1.29, 1.82) is 0 Å². The van der Waals surface area contributed by atoms with Gasteiger partial charge < -0.3 is 9.64 Å². The summed E-state index contributed by atoms with van der Waals surface area (Å²) < 4.78 is 5.01. The maximum Gasteiger partial charge on any atom is 0.330 e. The van der Waals surface area contributed by atoms with Crippen molar-refractivity contribution in [3.05, 3.63) is 101 Å². The molecule has 0 bridgehead atoms. The summed E-state index contributed by atoms with van der Waals surface area (Å²) in [6.07, 6.45) is 9.47. The quantitative estimate of drug-likeness (QED) is 0.385. The number of aromatic nitrogens is 1. The maximum atomic E-state index is 11.8. The molecule has 4 nitrogen and oxygen atoms in total. The lowest BCUT2D eigenvalue weighted by atomic mass is 9.98. The van der Waals surface area contributed by atoms with Gasteiger partial charge in [-0.05, 0) is 65.9 Å². The Hall–Kier alpha value is -3.44. The highest BCUT2D eigenvalue weighted by atomic mass is 32.1. The van der Waals surface area contributed by atoms with Crippen LogP contribution in [0.2, 0.25) is 0 Å². The van der Waals surface area contributed by atoms with Crippen LogP contribution in [-0.2, 0) is 9.53 Å². The van der Waals surface area contributed by atoms with Crippen molar-refractivity contribution in [1.82, 2.24) is 4.98 Å². The smallest absolute Gasteiger partial charge is 0.330 e. The largest absolute Gasteiger partial charge is 0.463 e. The summed E-state index contributed by atoms with van der Waals surface area (Å²) in [6.45, 7) is 2.91. The van der Waals surface area contributed by atoms with E-state index < -0.39 is 0 Å². The third kappa shape index (κ3) is 4.58. The Morgan fingerprint density at radius 1 is 1.17 bits per heavy atom. The summed E-state index contributed by atoms with van der Waals surface area (Å²) in [5.41, 5.74) is 5.38. The van der Waals surface area contributed by atoms with E-state index in [1.54, 1.807) is 18.3 Å². The van der Waals surface area contributed by atoms with Gasteiger partial charge in [-0.1, -0.05) is 24.3 Å². The minimum absolute atomic E-state index is 0.325. The van der Waals surface area contributed by atoms with E-state index in [4.69, 9.17) is 4.74 Å². The van der Waals surface area contributed by atoms with E-state index in [-0.39, 0.29) is 5.97 Å². The molecule has 0 spiro atoms. The molecule has 5 heteroatoms. The minimum atomic E-state index is -0.325. The first kappa shape index (κ1) is 19.9. The van der Waals surface area contributed by atoms with Gasteiger partial charge in [-0.2, -0.15) is 0 Å². The summed E-state index contributed by atoms with van der Waals surface area (Å²) in [5.74, 6) is -0.325. The van der Waals surface area contributed by atoms with Crippen LogP contribution < -0.4 is 4.90 Å². The van der Waals surface area contributed by atoms with Gasteiger partial charge in [-0.15, -0.1) is 11.3 Å². The van der Waals surface area contributed by atoms with E-state index in [9.17, 15) is 4.79 Å². The molecule has 1 aromatic carbocycles. The number of carbonyl (C=O) groups excluding carboxylic acids is 1. The summed E-state index contributed by atoms with van der Waals surface area (Å²) in [7, 11) is 0. The van der Waals surface area contributed by atoms with Gasteiger partial charge in [0.05, 0.1) is 12.3 Å². The molecule has 0 unspecified atom stereocenters. The van der Waals surface area contributed by atoms with Gasteiger partial charge in [0.15, 0.2) is 0 Å². The predicted octanol–water partition coefficient (Wildman–Crippen LogP) is 5.66. The highest BCUT2D eigenvalue weighted by Crippen LogP contribution is 2.34. The normalized spacial score (nSPS) is 13.8. The maximum absolute atomic E-state index is 11.8. The number of para-hydroxylation sites is 1. The zero-order valence-corrected chi connectivity index (χ0v) is 17.5. The van der Waals surface area contributed by atoms with Gasteiger partial charge in [0.1, 0.15) is 0 Å². The van der Waals surface area contributed by atoms with E-state index in [0.29, 0.717) is 6.61 Å². The molecule has 1 aliphatic heterocycles. The molecule has 0 atom stereocenters. The van der Waals surface area contributed by atoms with Crippen LogP contribution in [0.1, 0.15) is 23.1 Å². The number of ether oxygens (including phenoxy) is 1. The second-order valence-corrected chi connectivity index (χ2v) is 7.66. The second kappa shape index (κ2) is 9.37. The van der Waals surface area contributed by atoms with Gasteiger partial charge in [0.25, 0.3) is 0 Å². The van der Waals surface area contributed by atoms with Crippen LogP contribution in [-0.4, -0.2) is 24.1 Å². The van der Waals surface area contributed by atoms with Crippen LogP contribution in [0.3, 0.4) is 0 Å². The van der Waals surface area contributed by atoms with E-state index in [0.717, 1.165) is 33.9 Å². The standard InChI is InChI=1S/C25H22N2O2S/c1-2-29-25(28)12-11-24-22(13-15-30-24)19-16-20(23-10-6-7-14-26-23)18-27(17-19)21-8-4-3-5-9-21/h3-16,18H,2,17H2,1H3. The van der Waals surface area contributed by atoms with Gasteiger partial charge in [0.2, 0.25) is 0 Å². The average Bonchev–Trinajstić information content (AvgIpc) is 3.27. The first-order valence-corrected chi connectivity index (χ1v) is 10.7. The summed E-state index contributed by atoms with van der Waals surface area (Å²) in [6, 6.07) is 18.3. The molecule has 0 saturated carbocycles. The van der Waals surface area contributed by atoms with Crippen molar-refractivity contribution < 1.29 is 9.53 Å². The number of thiophene rings is 1. The monoisotopic (exact) mass is 414 g/mol. The van der Waals surface area contributed by atoms with Crippen LogP contribution in [0.25, 0.3) is 17.2 Å². The van der Waals surface area contributed by atoms with E-state index >= 15 is 0 Å². The number of hydrogen-bond acceptors (Lipinski definition) is 5. The third-order valence-electron chi connectivity index (χ3n) is 4.71. The molecule has 0 N–H and O–H groups in total. The van der Waals surface area contributed by atoms with Crippen LogP contribution in [0.5, 0.6) is 0 Å². The van der Waals surface area contributed by atoms with Crippen molar-refractivity contribution in [2.75, 3.05) is 18.1 Å². The topological polar surface area (TPSA) is 42.4 Å². The van der Waals surface area contributed by atoms with Gasteiger partial charge in [-0.3, -0.25) is 4.98 Å². The Balaban J connectivity index is 1.71. The van der Waals surface area contributed by atoms with Gasteiger partial charge in [-0.25, -0.2) is 4.79 Å². The number of anilines is 1. The molecule has 0 aliphatic carbocycles. The van der Waals surface area contributed by atoms with Crippen molar-refractivity contribution in [3.63, 3.8) is 0 Å². The number of allylic oxidation sites excluding steroid dienone is 2. The van der Waals surface area contributed by atoms with E-state index in [1.807, 2.05) is 54.1 Å². The van der Waals surface area contributed by atoms with E-state index in [1.165, 1.54) is 11.6 Å². The van der Waals surface area contributed by atoms with Crippen molar-refractivity contribution in [2.45, 2.75) is 6.92 Å². The molecule has 0 saturated heterocycles. The lowest BCUT2D eigenvalue weighted by molar-refractivity contribution is -0.137. The van der Waals surface area contributed by atoms with Crippen LogP contribution in [0.15, 0.2) is 84.5 Å². The Kier molecular flexibility index (Phi) is 6.20. The molecule has 3 aromatic rings. The Morgan fingerprint density at radius 2 is 2.00 bits per heavy atom. The Labute approximate surface area is 180 Å². The minimum Gasteiger partial charge on any atom is -0.463 e. The fourth-order valence-corrected chi connectivity index (χ4v) is 4.16. The Bertz CT molecular complexity index is 1100. The molecule has 150 valence electrons. The Morgan fingerprint density at radius 3 is 2.77 bits per heavy atom. The molecule has 0 radical (unpaired) electrons. The van der Waals surface area contributed by atoms with Crippen LogP contribution >= 0.6 is 11.3 Å². The lowest BCUT2D eigenvalue weighted by Gasteiger charge is -2.27. The highest BCUT2D eigenvalue weighted by molar-refractivity contribution is 7.11. The number of nitrogens with zero attached hydrogens (tertiary/aromatic N) is 2. The van der Waals surface area contributed by atoms with Crippen LogP contribution in [0, 0.1) is 0 Å². The highest BCUT2D eigenvalue weighted by Gasteiger charge is 2.18. The molecule has 30 heavy (non-hydrogen) atoms. The fourth-order valence-electron chi connectivity index (χ4n) is 3.34. The first-order valence-electron chi connectivity index (χ1n) is 9.83.